The van der Waals surface area contributed by atoms with Crippen molar-refractivity contribution in [2.24, 2.45) is 0 Å². The largest absolute Gasteiger partial charge is 0.416 e. The Bertz CT molecular complexity index is 1290. The summed E-state index contributed by atoms with van der Waals surface area (Å²) in [5, 5.41) is 4.40. The van der Waals surface area contributed by atoms with Crippen molar-refractivity contribution >= 4 is 21.4 Å². The molecule has 0 bridgehead atoms. The summed E-state index contributed by atoms with van der Waals surface area (Å²) in [6.07, 6.45) is -3.25. The highest BCUT2D eigenvalue weighted by Gasteiger charge is 2.31. The quantitative estimate of drug-likeness (QED) is 0.557. The summed E-state index contributed by atoms with van der Waals surface area (Å²) in [6, 6.07) is 12.8. The Hall–Kier alpha value is -3.34. The van der Waals surface area contributed by atoms with E-state index in [2.05, 4.69) is 5.10 Å². The first-order valence-corrected chi connectivity index (χ1v) is 12.4. The number of aromatic nitrogens is 2. The Balaban J connectivity index is 1.48. The lowest BCUT2D eigenvalue weighted by Crippen LogP contribution is -2.49. The van der Waals surface area contributed by atoms with Gasteiger partial charge in [-0.05, 0) is 61.5 Å². The molecule has 7 nitrogen and oxygen atoms in total. The zero-order chi connectivity index (χ0) is 24.7. The van der Waals surface area contributed by atoms with Crippen molar-refractivity contribution in [1.29, 1.82) is 0 Å². The number of halogens is 3. The van der Waals surface area contributed by atoms with Gasteiger partial charge in [-0.3, -0.25) is 4.79 Å². The molecule has 180 valence electrons. The van der Waals surface area contributed by atoms with Crippen LogP contribution in [-0.4, -0.2) is 61.4 Å². The van der Waals surface area contributed by atoms with Gasteiger partial charge in [0.1, 0.15) is 5.69 Å². The molecular weight excluding hydrogens is 469 g/mol. The second kappa shape index (κ2) is 8.79. The van der Waals surface area contributed by atoms with E-state index in [1.54, 1.807) is 30.0 Å². The van der Waals surface area contributed by atoms with Crippen LogP contribution >= 0.6 is 0 Å². The molecule has 1 aromatic heterocycles. The van der Waals surface area contributed by atoms with Gasteiger partial charge in [0.05, 0.1) is 21.8 Å². The molecule has 1 saturated heterocycles. The number of nitrogens with zero attached hydrogens (tertiary/aromatic N) is 4. The van der Waals surface area contributed by atoms with E-state index in [1.165, 1.54) is 28.9 Å². The predicted molar refractivity (Wildman–Crippen MR) is 121 cm³/mol. The number of benzene rings is 2. The monoisotopic (exact) mass is 492 g/mol. The number of anilines is 1. The van der Waals surface area contributed by atoms with Crippen LogP contribution in [0.15, 0.2) is 59.5 Å². The van der Waals surface area contributed by atoms with Gasteiger partial charge < -0.3 is 9.80 Å². The van der Waals surface area contributed by atoms with Gasteiger partial charge >= 0.3 is 6.18 Å². The molecule has 0 N–H and O–H groups in total. The van der Waals surface area contributed by atoms with E-state index in [0.29, 0.717) is 48.9 Å². The first-order chi connectivity index (χ1) is 15.9. The van der Waals surface area contributed by atoms with Gasteiger partial charge in [-0.2, -0.15) is 18.3 Å². The summed E-state index contributed by atoms with van der Waals surface area (Å²) in [6.45, 7) is 3.52. The number of rotatable bonds is 4. The van der Waals surface area contributed by atoms with Gasteiger partial charge in [0, 0.05) is 38.1 Å². The number of piperazine rings is 1. The summed E-state index contributed by atoms with van der Waals surface area (Å²) in [5.74, 6) is -0.222. The third kappa shape index (κ3) is 4.93. The third-order valence-corrected chi connectivity index (χ3v) is 6.82. The van der Waals surface area contributed by atoms with Crippen molar-refractivity contribution < 1.29 is 26.4 Å². The molecule has 0 spiro atoms. The number of carbonyl (C=O) groups is 1. The topological polar surface area (TPSA) is 75.5 Å². The Morgan fingerprint density at radius 1 is 0.912 bits per heavy atom. The highest BCUT2D eigenvalue weighted by Crippen LogP contribution is 2.30. The first kappa shape index (κ1) is 23.8. The molecule has 34 heavy (non-hydrogen) atoms. The number of alkyl halides is 3. The molecule has 1 aliphatic heterocycles. The number of hydrogen-bond acceptors (Lipinski definition) is 5. The van der Waals surface area contributed by atoms with Crippen LogP contribution in [0.25, 0.3) is 5.69 Å². The summed E-state index contributed by atoms with van der Waals surface area (Å²) in [4.78, 5) is 17.1. The van der Waals surface area contributed by atoms with Gasteiger partial charge in [-0.1, -0.05) is 0 Å². The molecule has 1 aliphatic rings. The van der Waals surface area contributed by atoms with Gasteiger partial charge in [0.25, 0.3) is 5.91 Å². The normalized spacial score (nSPS) is 15.0. The lowest BCUT2D eigenvalue weighted by Gasteiger charge is -2.36. The highest BCUT2D eigenvalue weighted by atomic mass is 32.2. The molecule has 1 amide bonds. The average Bonchev–Trinajstić information content (AvgIpc) is 3.19. The molecule has 11 heteroatoms. The second-order valence-corrected chi connectivity index (χ2v) is 10.2. The van der Waals surface area contributed by atoms with Gasteiger partial charge in [0.15, 0.2) is 9.84 Å². The van der Waals surface area contributed by atoms with Crippen molar-refractivity contribution in [3.8, 4) is 5.69 Å². The van der Waals surface area contributed by atoms with E-state index >= 15 is 0 Å². The highest BCUT2D eigenvalue weighted by molar-refractivity contribution is 7.90. The fourth-order valence-electron chi connectivity index (χ4n) is 3.87. The van der Waals surface area contributed by atoms with Crippen LogP contribution in [0.4, 0.5) is 18.9 Å². The Labute approximate surface area is 195 Å². The molecular formula is C23H23F3N4O3S. The lowest BCUT2D eigenvalue weighted by atomic mass is 10.1. The Kier molecular flexibility index (Phi) is 6.15. The van der Waals surface area contributed by atoms with Gasteiger partial charge in [-0.25, -0.2) is 13.1 Å². The number of amides is 1. The summed E-state index contributed by atoms with van der Waals surface area (Å²) < 4.78 is 63.3. The number of carbonyl (C=O) groups excluding carboxylic acids is 1. The Morgan fingerprint density at radius 3 is 2.00 bits per heavy atom. The van der Waals surface area contributed by atoms with Crippen LogP contribution in [0, 0.1) is 6.92 Å². The maximum absolute atomic E-state index is 13.3. The molecule has 0 saturated carbocycles. The zero-order valence-corrected chi connectivity index (χ0v) is 19.4. The summed E-state index contributed by atoms with van der Waals surface area (Å²) in [5.41, 5.74) is 1.53. The van der Waals surface area contributed by atoms with Crippen LogP contribution in [0.1, 0.15) is 21.7 Å². The average molecular weight is 493 g/mol. The van der Waals surface area contributed by atoms with Crippen LogP contribution in [-0.2, 0) is 16.0 Å². The third-order valence-electron chi connectivity index (χ3n) is 5.69. The molecule has 2 heterocycles. The van der Waals surface area contributed by atoms with E-state index in [-0.39, 0.29) is 10.8 Å². The molecule has 0 aliphatic carbocycles. The minimum atomic E-state index is -4.38. The SMILES string of the molecule is Cc1cc(C(=O)N2CCN(c3ccc(C(F)(F)F)cc3)CC2)n(-c2ccc(S(C)(=O)=O)cc2)n1. The number of sulfone groups is 1. The van der Waals surface area contributed by atoms with Crippen molar-refractivity contribution in [2.75, 3.05) is 37.3 Å². The predicted octanol–water partition coefficient (Wildman–Crippen LogP) is 3.57. The minimum Gasteiger partial charge on any atom is -0.368 e. The van der Waals surface area contributed by atoms with Crippen molar-refractivity contribution in [2.45, 2.75) is 18.0 Å². The second-order valence-electron chi connectivity index (χ2n) is 8.17. The van der Waals surface area contributed by atoms with E-state index in [9.17, 15) is 26.4 Å². The van der Waals surface area contributed by atoms with Gasteiger partial charge in [0.2, 0.25) is 0 Å². The van der Waals surface area contributed by atoms with Crippen molar-refractivity contribution in [3.63, 3.8) is 0 Å². The molecule has 0 atom stereocenters. The van der Waals surface area contributed by atoms with Crippen LogP contribution < -0.4 is 4.90 Å². The van der Waals surface area contributed by atoms with E-state index < -0.39 is 21.6 Å². The maximum Gasteiger partial charge on any atom is 0.416 e. The minimum absolute atomic E-state index is 0.174. The molecule has 0 radical (unpaired) electrons. The molecule has 2 aromatic carbocycles. The number of aryl methyl sites for hydroxylation is 1. The fraction of sp³-hybridized carbons (Fsp3) is 0.304. The van der Waals surface area contributed by atoms with E-state index in [1.807, 2.05) is 4.90 Å². The van der Waals surface area contributed by atoms with Crippen molar-refractivity contribution in [1.82, 2.24) is 14.7 Å². The standard InChI is InChI=1S/C23H23F3N4O3S/c1-16-15-21(30(27-16)19-7-9-20(10-8-19)34(2,32)33)22(31)29-13-11-28(12-14-29)18-5-3-17(4-6-18)23(24,25)26/h3-10,15H,11-14H2,1-2H3. The lowest BCUT2D eigenvalue weighted by molar-refractivity contribution is -0.137. The van der Waals surface area contributed by atoms with Crippen molar-refractivity contribution in [3.05, 3.63) is 71.5 Å². The number of hydrogen-bond donors (Lipinski definition) is 0. The van der Waals surface area contributed by atoms with E-state index in [4.69, 9.17) is 0 Å². The van der Waals surface area contributed by atoms with Crippen LogP contribution in [0.5, 0.6) is 0 Å². The van der Waals surface area contributed by atoms with Crippen LogP contribution in [0.3, 0.4) is 0 Å². The summed E-state index contributed by atoms with van der Waals surface area (Å²) >= 11 is 0. The molecule has 0 unspecified atom stereocenters. The smallest absolute Gasteiger partial charge is 0.368 e. The van der Waals surface area contributed by atoms with Crippen LogP contribution in [0.2, 0.25) is 0 Å². The zero-order valence-electron chi connectivity index (χ0n) is 18.6. The molecule has 1 fully saturated rings. The maximum atomic E-state index is 13.3. The fourth-order valence-corrected chi connectivity index (χ4v) is 4.50. The molecule has 4 rings (SSSR count). The van der Waals surface area contributed by atoms with Gasteiger partial charge in [-0.15, -0.1) is 0 Å². The first-order valence-electron chi connectivity index (χ1n) is 10.5. The Morgan fingerprint density at radius 2 is 1.47 bits per heavy atom. The summed E-state index contributed by atoms with van der Waals surface area (Å²) in [7, 11) is -3.34. The van der Waals surface area contributed by atoms with E-state index in [0.717, 1.165) is 18.4 Å². The molecule has 3 aromatic rings.